The molecule has 1 fully saturated rings. The fourth-order valence-electron chi connectivity index (χ4n) is 2.13. The lowest BCUT2D eigenvalue weighted by Gasteiger charge is -2.23. The fraction of sp³-hybridized carbons (Fsp3) is 0.562. The van der Waals surface area contributed by atoms with Crippen LogP contribution in [0.5, 0.6) is 0 Å². The van der Waals surface area contributed by atoms with Gasteiger partial charge in [0.15, 0.2) is 0 Å². The van der Waals surface area contributed by atoms with Crippen LogP contribution < -0.4 is 10.6 Å². The van der Waals surface area contributed by atoms with Gasteiger partial charge in [0.2, 0.25) is 5.91 Å². The Kier molecular flexibility index (Phi) is 6.66. The zero-order valence-corrected chi connectivity index (χ0v) is 12.5. The highest BCUT2D eigenvalue weighted by molar-refractivity contribution is 5.81. The van der Waals surface area contributed by atoms with Crippen LogP contribution in [0.2, 0.25) is 0 Å². The third-order valence-electron chi connectivity index (χ3n) is 3.36. The number of amides is 1. The second kappa shape index (κ2) is 8.77. The fourth-order valence-corrected chi connectivity index (χ4v) is 2.13. The molecule has 0 radical (unpaired) electrons. The Morgan fingerprint density at radius 2 is 2.29 bits per heavy atom. The van der Waals surface area contributed by atoms with Gasteiger partial charge in [-0.15, -0.1) is 0 Å². The first kappa shape index (κ1) is 15.9. The number of ether oxygens (including phenoxy) is 2. The molecule has 116 valence electrons. The Hall–Kier alpha value is -1.43. The van der Waals surface area contributed by atoms with E-state index in [1.807, 2.05) is 30.3 Å². The predicted octanol–water partition coefficient (Wildman–Crippen LogP) is 0.944. The Morgan fingerprint density at radius 3 is 3.00 bits per heavy atom. The molecule has 0 aliphatic carbocycles. The summed E-state index contributed by atoms with van der Waals surface area (Å²) < 4.78 is 11.1. The molecule has 1 aliphatic rings. The number of carbonyl (C=O) groups is 1. The highest BCUT2D eigenvalue weighted by atomic mass is 16.5. The molecular weight excluding hydrogens is 268 g/mol. The van der Waals surface area contributed by atoms with E-state index in [0.29, 0.717) is 32.9 Å². The molecule has 2 unspecified atom stereocenters. The second-order valence-electron chi connectivity index (χ2n) is 5.41. The largest absolute Gasteiger partial charge is 0.376 e. The van der Waals surface area contributed by atoms with Crippen molar-refractivity contribution >= 4 is 5.91 Å². The standard InChI is InChI=1S/C16H24N2O3/c1-13(11-20-12-14-5-3-2-4-6-14)9-18-16(19)15-10-17-7-8-21-15/h2-6,13,15,17H,7-12H2,1H3,(H,18,19). The SMILES string of the molecule is CC(CNC(=O)C1CNCCO1)COCc1ccccc1. The van der Waals surface area contributed by atoms with Gasteiger partial charge in [0.1, 0.15) is 6.10 Å². The summed E-state index contributed by atoms with van der Waals surface area (Å²) in [5.41, 5.74) is 1.16. The molecule has 0 spiro atoms. The van der Waals surface area contributed by atoms with Crippen LogP contribution >= 0.6 is 0 Å². The Bertz CT molecular complexity index is 419. The molecule has 2 rings (SSSR count). The quantitative estimate of drug-likeness (QED) is 0.785. The van der Waals surface area contributed by atoms with Crippen LogP contribution in [0.1, 0.15) is 12.5 Å². The Morgan fingerprint density at radius 1 is 1.48 bits per heavy atom. The average Bonchev–Trinajstić information content (AvgIpc) is 2.54. The van der Waals surface area contributed by atoms with Crippen LogP contribution in [0, 0.1) is 5.92 Å². The summed E-state index contributed by atoms with van der Waals surface area (Å²) in [6.07, 6.45) is -0.365. The van der Waals surface area contributed by atoms with E-state index in [-0.39, 0.29) is 17.9 Å². The maximum atomic E-state index is 11.9. The van der Waals surface area contributed by atoms with E-state index < -0.39 is 0 Å². The van der Waals surface area contributed by atoms with Crippen molar-refractivity contribution in [2.45, 2.75) is 19.6 Å². The van der Waals surface area contributed by atoms with Crippen molar-refractivity contribution in [2.75, 3.05) is 32.8 Å². The maximum Gasteiger partial charge on any atom is 0.250 e. The summed E-state index contributed by atoms with van der Waals surface area (Å²) in [4.78, 5) is 11.9. The number of morpholine rings is 1. The number of hydrogen-bond donors (Lipinski definition) is 2. The van der Waals surface area contributed by atoms with Crippen molar-refractivity contribution in [2.24, 2.45) is 5.92 Å². The van der Waals surface area contributed by atoms with E-state index >= 15 is 0 Å². The van der Waals surface area contributed by atoms with Crippen molar-refractivity contribution in [1.29, 1.82) is 0 Å². The monoisotopic (exact) mass is 292 g/mol. The van der Waals surface area contributed by atoms with Crippen LogP contribution in [0.15, 0.2) is 30.3 Å². The van der Waals surface area contributed by atoms with Gasteiger partial charge in [0, 0.05) is 19.6 Å². The molecule has 1 amide bonds. The van der Waals surface area contributed by atoms with Gasteiger partial charge in [-0.2, -0.15) is 0 Å². The van der Waals surface area contributed by atoms with Crippen molar-refractivity contribution in [3.63, 3.8) is 0 Å². The molecule has 1 aromatic rings. The molecule has 5 heteroatoms. The average molecular weight is 292 g/mol. The van der Waals surface area contributed by atoms with E-state index in [1.54, 1.807) is 0 Å². The molecule has 2 N–H and O–H groups in total. The maximum absolute atomic E-state index is 11.9. The van der Waals surface area contributed by atoms with Crippen LogP contribution in [-0.2, 0) is 20.9 Å². The molecule has 1 saturated heterocycles. The topological polar surface area (TPSA) is 59.6 Å². The molecular formula is C16H24N2O3. The van der Waals surface area contributed by atoms with Gasteiger partial charge in [-0.3, -0.25) is 4.79 Å². The van der Waals surface area contributed by atoms with E-state index in [2.05, 4.69) is 17.6 Å². The minimum atomic E-state index is -0.365. The Balaban J connectivity index is 1.58. The highest BCUT2D eigenvalue weighted by Crippen LogP contribution is 2.03. The number of carbonyl (C=O) groups excluding carboxylic acids is 1. The van der Waals surface area contributed by atoms with Crippen LogP contribution in [0.4, 0.5) is 0 Å². The van der Waals surface area contributed by atoms with E-state index in [0.717, 1.165) is 12.1 Å². The molecule has 5 nitrogen and oxygen atoms in total. The van der Waals surface area contributed by atoms with Gasteiger partial charge in [-0.1, -0.05) is 37.3 Å². The summed E-state index contributed by atoms with van der Waals surface area (Å²) in [5, 5.41) is 6.06. The van der Waals surface area contributed by atoms with E-state index in [4.69, 9.17) is 9.47 Å². The summed E-state index contributed by atoms with van der Waals surface area (Å²) in [7, 11) is 0. The van der Waals surface area contributed by atoms with Gasteiger partial charge < -0.3 is 20.1 Å². The Labute approximate surface area is 126 Å². The van der Waals surface area contributed by atoms with Crippen molar-refractivity contribution in [3.8, 4) is 0 Å². The minimum Gasteiger partial charge on any atom is -0.376 e. The number of hydrogen-bond acceptors (Lipinski definition) is 4. The molecule has 1 aromatic carbocycles. The molecule has 2 atom stereocenters. The van der Waals surface area contributed by atoms with Crippen molar-refractivity contribution in [1.82, 2.24) is 10.6 Å². The summed E-state index contributed by atoms with van der Waals surface area (Å²) in [5.74, 6) is 0.228. The number of rotatable bonds is 7. The van der Waals surface area contributed by atoms with Crippen molar-refractivity contribution in [3.05, 3.63) is 35.9 Å². The van der Waals surface area contributed by atoms with E-state index in [9.17, 15) is 4.79 Å². The van der Waals surface area contributed by atoms with E-state index in [1.165, 1.54) is 0 Å². The summed E-state index contributed by atoms with van der Waals surface area (Å²) in [6, 6.07) is 10.1. The summed E-state index contributed by atoms with van der Waals surface area (Å²) in [6.45, 7) is 5.89. The molecule has 1 aliphatic heterocycles. The second-order valence-corrected chi connectivity index (χ2v) is 5.41. The highest BCUT2D eigenvalue weighted by Gasteiger charge is 2.21. The van der Waals surface area contributed by atoms with Gasteiger partial charge in [0.05, 0.1) is 19.8 Å². The number of benzene rings is 1. The van der Waals surface area contributed by atoms with Crippen molar-refractivity contribution < 1.29 is 14.3 Å². The van der Waals surface area contributed by atoms with Crippen LogP contribution in [0.25, 0.3) is 0 Å². The lowest BCUT2D eigenvalue weighted by atomic mass is 10.2. The third-order valence-corrected chi connectivity index (χ3v) is 3.36. The predicted molar refractivity (Wildman–Crippen MR) is 80.9 cm³/mol. The van der Waals surface area contributed by atoms with Gasteiger partial charge in [-0.25, -0.2) is 0 Å². The molecule has 1 heterocycles. The number of nitrogens with one attached hydrogen (secondary N) is 2. The summed E-state index contributed by atoms with van der Waals surface area (Å²) >= 11 is 0. The lowest BCUT2D eigenvalue weighted by molar-refractivity contribution is -0.134. The van der Waals surface area contributed by atoms with Gasteiger partial charge in [0.25, 0.3) is 0 Å². The molecule has 0 aromatic heterocycles. The zero-order chi connectivity index (χ0) is 14.9. The van der Waals surface area contributed by atoms with Crippen LogP contribution in [0.3, 0.4) is 0 Å². The minimum absolute atomic E-state index is 0.0443. The normalized spacial score (nSPS) is 20.0. The lowest BCUT2D eigenvalue weighted by Crippen LogP contribution is -2.48. The zero-order valence-electron chi connectivity index (χ0n) is 12.5. The molecule has 21 heavy (non-hydrogen) atoms. The molecule has 0 bridgehead atoms. The first-order valence-electron chi connectivity index (χ1n) is 7.47. The first-order chi connectivity index (χ1) is 10.3. The third kappa shape index (κ3) is 5.83. The first-order valence-corrected chi connectivity index (χ1v) is 7.47. The van der Waals surface area contributed by atoms with Crippen LogP contribution in [-0.4, -0.2) is 44.9 Å². The molecule has 0 saturated carbocycles. The van der Waals surface area contributed by atoms with Gasteiger partial charge >= 0.3 is 0 Å². The smallest absolute Gasteiger partial charge is 0.250 e. The van der Waals surface area contributed by atoms with Gasteiger partial charge in [-0.05, 0) is 11.5 Å².